The number of benzene rings is 2. The molecule has 0 bridgehead atoms. The first-order valence-corrected chi connectivity index (χ1v) is 12.3. The number of hydrogen-bond acceptors (Lipinski definition) is 8. The van der Waals surface area contributed by atoms with Gasteiger partial charge >= 0.3 is 5.91 Å². The van der Waals surface area contributed by atoms with Crippen molar-refractivity contribution in [2.75, 3.05) is 26.2 Å². The Morgan fingerprint density at radius 1 is 1.06 bits per heavy atom. The number of aliphatic hydroxyl groups is 1. The van der Waals surface area contributed by atoms with Gasteiger partial charge in [0, 0.05) is 22.6 Å². The highest BCUT2D eigenvalue weighted by Gasteiger charge is 2.48. The SMILES string of the molecule is COc1ccc(/C(O)=C2\C(=O)C(=O)N(c3nc4cc(OC)c(OC)cc4[nH]3)C2c2cccs2)cc1Br. The molecule has 36 heavy (non-hydrogen) atoms. The van der Waals surface area contributed by atoms with Crippen molar-refractivity contribution in [2.24, 2.45) is 0 Å². The molecule has 1 saturated heterocycles. The Bertz CT molecular complexity index is 1490. The Kier molecular flexibility index (Phi) is 6.19. The Morgan fingerprint density at radius 2 is 1.78 bits per heavy atom. The number of rotatable bonds is 6. The number of carbonyl (C=O) groups is 2. The van der Waals surface area contributed by atoms with Gasteiger partial charge in [-0.05, 0) is 45.6 Å². The number of ether oxygens (including phenoxy) is 3. The molecule has 11 heteroatoms. The first-order chi connectivity index (χ1) is 17.4. The summed E-state index contributed by atoms with van der Waals surface area (Å²) < 4.78 is 16.6. The number of amides is 1. The highest BCUT2D eigenvalue weighted by atomic mass is 79.9. The second kappa shape index (κ2) is 9.32. The number of aliphatic hydroxyl groups excluding tert-OH is 1. The number of imidazole rings is 1. The van der Waals surface area contributed by atoms with Crippen LogP contribution in [-0.4, -0.2) is 48.1 Å². The van der Waals surface area contributed by atoms with Gasteiger partial charge in [-0.2, -0.15) is 0 Å². The molecule has 2 aromatic carbocycles. The summed E-state index contributed by atoms with van der Waals surface area (Å²) in [5.74, 6) is -0.219. The van der Waals surface area contributed by atoms with Crippen molar-refractivity contribution in [1.82, 2.24) is 9.97 Å². The van der Waals surface area contributed by atoms with Gasteiger partial charge in [-0.3, -0.25) is 14.5 Å². The maximum Gasteiger partial charge on any atom is 0.302 e. The lowest BCUT2D eigenvalue weighted by Crippen LogP contribution is -2.30. The summed E-state index contributed by atoms with van der Waals surface area (Å²) in [6.07, 6.45) is 0. The van der Waals surface area contributed by atoms with Gasteiger partial charge in [0.25, 0.3) is 5.78 Å². The molecule has 0 saturated carbocycles. The van der Waals surface area contributed by atoms with E-state index >= 15 is 0 Å². The third kappa shape index (κ3) is 3.80. The van der Waals surface area contributed by atoms with Gasteiger partial charge in [-0.25, -0.2) is 4.98 Å². The molecule has 5 rings (SSSR count). The lowest BCUT2D eigenvalue weighted by molar-refractivity contribution is -0.132. The molecule has 184 valence electrons. The van der Waals surface area contributed by atoms with E-state index in [1.807, 2.05) is 11.4 Å². The van der Waals surface area contributed by atoms with Crippen molar-refractivity contribution in [1.29, 1.82) is 0 Å². The number of hydrogen-bond donors (Lipinski definition) is 2. The fraction of sp³-hybridized carbons (Fsp3) is 0.160. The number of carbonyl (C=O) groups excluding carboxylic acids is 2. The van der Waals surface area contributed by atoms with Crippen LogP contribution in [0.1, 0.15) is 16.5 Å². The first-order valence-electron chi connectivity index (χ1n) is 10.7. The van der Waals surface area contributed by atoms with Crippen molar-refractivity contribution in [2.45, 2.75) is 6.04 Å². The van der Waals surface area contributed by atoms with Crippen LogP contribution in [0.4, 0.5) is 5.95 Å². The molecular weight excluding hydrogens is 550 g/mol. The van der Waals surface area contributed by atoms with Crippen LogP contribution in [0.2, 0.25) is 0 Å². The minimum Gasteiger partial charge on any atom is -0.507 e. The third-order valence-electron chi connectivity index (χ3n) is 5.89. The van der Waals surface area contributed by atoms with E-state index in [-0.39, 0.29) is 17.3 Å². The number of fused-ring (bicyclic) bond motifs is 1. The molecule has 1 unspecified atom stereocenters. The van der Waals surface area contributed by atoms with Gasteiger partial charge in [0.15, 0.2) is 11.5 Å². The third-order valence-corrected chi connectivity index (χ3v) is 7.43. The average molecular weight is 570 g/mol. The zero-order chi connectivity index (χ0) is 25.6. The number of ketones is 1. The molecule has 1 atom stereocenters. The molecule has 1 fully saturated rings. The number of methoxy groups -OCH3 is 3. The summed E-state index contributed by atoms with van der Waals surface area (Å²) in [4.78, 5) is 36.3. The van der Waals surface area contributed by atoms with E-state index in [4.69, 9.17) is 14.2 Å². The van der Waals surface area contributed by atoms with Crippen molar-refractivity contribution in [3.05, 3.63) is 68.3 Å². The Labute approximate surface area is 218 Å². The van der Waals surface area contributed by atoms with Crippen molar-refractivity contribution >= 4 is 61.7 Å². The van der Waals surface area contributed by atoms with Crippen molar-refractivity contribution < 1.29 is 28.9 Å². The predicted molar refractivity (Wildman–Crippen MR) is 139 cm³/mol. The molecule has 0 radical (unpaired) electrons. The largest absolute Gasteiger partial charge is 0.507 e. The van der Waals surface area contributed by atoms with Gasteiger partial charge in [0.05, 0.1) is 42.4 Å². The molecule has 1 aliphatic rings. The second-order valence-electron chi connectivity index (χ2n) is 7.82. The monoisotopic (exact) mass is 569 g/mol. The maximum absolute atomic E-state index is 13.3. The summed E-state index contributed by atoms with van der Waals surface area (Å²) in [5.41, 5.74) is 1.44. The molecule has 2 N–H and O–H groups in total. The van der Waals surface area contributed by atoms with E-state index < -0.39 is 17.7 Å². The summed E-state index contributed by atoms with van der Waals surface area (Å²) in [6.45, 7) is 0. The van der Waals surface area contributed by atoms with Crippen LogP contribution in [0.3, 0.4) is 0 Å². The summed E-state index contributed by atoms with van der Waals surface area (Å²) >= 11 is 4.77. The highest BCUT2D eigenvalue weighted by Crippen LogP contribution is 2.44. The van der Waals surface area contributed by atoms with Crippen molar-refractivity contribution in [3.8, 4) is 17.2 Å². The molecule has 2 aromatic heterocycles. The van der Waals surface area contributed by atoms with Crippen LogP contribution in [-0.2, 0) is 9.59 Å². The van der Waals surface area contributed by atoms with E-state index in [1.54, 1.807) is 36.4 Å². The molecule has 0 spiro atoms. The highest BCUT2D eigenvalue weighted by molar-refractivity contribution is 9.10. The van der Waals surface area contributed by atoms with Crippen LogP contribution in [0.15, 0.2) is 57.9 Å². The predicted octanol–water partition coefficient (Wildman–Crippen LogP) is 5.04. The second-order valence-corrected chi connectivity index (χ2v) is 9.65. The number of anilines is 1. The van der Waals surface area contributed by atoms with Gasteiger partial charge in [-0.15, -0.1) is 11.3 Å². The standard InChI is InChI=1S/C25H20BrN3O6S/c1-33-16-7-6-12(9-13(16)26)22(30)20-21(19-5-4-8-36-19)29(24(32)23(20)31)25-27-14-10-17(34-2)18(35-3)11-15(14)28-25/h4-11,21,30H,1-3H3,(H,27,28)/b22-20+. The van der Waals surface area contributed by atoms with E-state index in [9.17, 15) is 14.7 Å². The van der Waals surface area contributed by atoms with Crippen molar-refractivity contribution in [3.63, 3.8) is 0 Å². The van der Waals surface area contributed by atoms with Gasteiger partial charge in [0.1, 0.15) is 17.6 Å². The molecule has 9 nitrogen and oxygen atoms in total. The number of H-pyrrole nitrogens is 1. The minimum atomic E-state index is -0.879. The summed E-state index contributed by atoms with van der Waals surface area (Å²) in [5, 5.41) is 13.1. The number of aromatic nitrogens is 2. The lowest BCUT2D eigenvalue weighted by atomic mass is 10.00. The number of nitrogens with zero attached hydrogens (tertiary/aromatic N) is 2. The lowest BCUT2D eigenvalue weighted by Gasteiger charge is -2.21. The Morgan fingerprint density at radius 3 is 2.42 bits per heavy atom. The molecule has 1 amide bonds. The first kappa shape index (κ1) is 23.9. The van der Waals surface area contributed by atoms with Crippen LogP contribution in [0.5, 0.6) is 17.2 Å². The smallest absolute Gasteiger partial charge is 0.302 e. The van der Waals surface area contributed by atoms with Crippen LogP contribution in [0, 0.1) is 0 Å². The number of thiophene rings is 1. The van der Waals surface area contributed by atoms with Gasteiger partial charge in [-0.1, -0.05) is 6.07 Å². The fourth-order valence-corrected chi connectivity index (χ4v) is 5.54. The van der Waals surface area contributed by atoms with Gasteiger partial charge in [0.2, 0.25) is 5.95 Å². The molecule has 4 aromatic rings. The topological polar surface area (TPSA) is 114 Å². The van der Waals surface area contributed by atoms with Crippen LogP contribution < -0.4 is 19.1 Å². The zero-order valence-corrected chi connectivity index (χ0v) is 21.8. The number of nitrogens with one attached hydrogen (secondary N) is 1. The molecule has 3 heterocycles. The van der Waals surface area contributed by atoms with E-state index in [2.05, 4.69) is 25.9 Å². The number of aromatic amines is 1. The quantitative estimate of drug-likeness (QED) is 0.190. The average Bonchev–Trinajstić information content (AvgIpc) is 3.61. The fourth-order valence-electron chi connectivity index (χ4n) is 4.17. The molecular formula is C25H20BrN3O6S. The normalized spacial score (nSPS) is 17.1. The number of Topliss-reactive ketones (excluding diaryl/α,β-unsaturated/α-hetero) is 1. The van der Waals surface area contributed by atoms with E-state index in [0.717, 1.165) is 0 Å². The van der Waals surface area contributed by atoms with E-state index in [0.29, 0.717) is 43.2 Å². The van der Waals surface area contributed by atoms with Crippen LogP contribution >= 0.6 is 27.3 Å². The molecule has 0 aliphatic carbocycles. The zero-order valence-electron chi connectivity index (χ0n) is 19.4. The number of halogens is 1. The Balaban J connectivity index is 1.68. The molecule has 1 aliphatic heterocycles. The van der Waals surface area contributed by atoms with Gasteiger partial charge < -0.3 is 24.3 Å². The summed E-state index contributed by atoms with van der Waals surface area (Å²) in [7, 11) is 4.57. The van der Waals surface area contributed by atoms with Crippen LogP contribution in [0.25, 0.3) is 16.8 Å². The maximum atomic E-state index is 13.3. The Hall–Kier alpha value is -3.83. The summed E-state index contributed by atoms with van der Waals surface area (Å²) in [6, 6.07) is 11.0. The van der Waals surface area contributed by atoms with E-state index in [1.165, 1.54) is 37.6 Å². The minimum absolute atomic E-state index is 0.0323.